The van der Waals surface area contributed by atoms with Gasteiger partial charge in [-0.1, -0.05) is 0 Å². The largest absolute Gasteiger partial charge is 0.496 e. The molecule has 2 aliphatic heterocycles. The van der Waals surface area contributed by atoms with E-state index < -0.39 is 0 Å². The Balaban J connectivity index is 1.80. The number of methoxy groups -OCH3 is 1. The normalized spacial score (nSPS) is 25.7. The number of ketones is 1. The van der Waals surface area contributed by atoms with Gasteiger partial charge < -0.3 is 9.47 Å². The van der Waals surface area contributed by atoms with Crippen LogP contribution in [0.5, 0.6) is 5.75 Å². The molecule has 0 N–H and O–H groups in total. The van der Waals surface area contributed by atoms with Crippen molar-refractivity contribution < 1.29 is 14.3 Å². The molecule has 2 aliphatic rings. The summed E-state index contributed by atoms with van der Waals surface area (Å²) in [5, 5.41) is 0. The first kappa shape index (κ1) is 14.5. The molecule has 2 saturated heterocycles. The van der Waals surface area contributed by atoms with E-state index in [9.17, 15) is 4.79 Å². The van der Waals surface area contributed by atoms with Crippen LogP contribution in [0.3, 0.4) is 0 Å². The van der Waals surface area contributed by atoms with Crippen LogP contribution in [0.1, 0.15) is 34.3 Å². The van der Waals surface area contributed by atoms with E-state index in [2.05, 4.69) is 4.90 Å². The average Bonchev–Trinajstić information content (AvgIpc) is 2.95. The highest BCUT2D eigenvalue weighted by Crippen LogP contribution is 2.27. The Bertz CT molecular complexity index is 555. The van der Waals surface area contributed by atoms with Gasteiger partial charge in [0.15, 0.2) is 5.78 Å². The smallest absolute Gasteiger partial charge is 0.193 e. The SMILES string of the molecule is COc1cc(C)c(C(=O)C2CN3CCCC3CO2)cc1C. The van der Waals surface area contributed by atoms with Crippen molar-refractivity contribution in [1.29, 1.82) is 0 Å². The first-order valence-electron chi connectivity index (χ1n) is 7.65. The van der Waals surface area contributed by atoms with Crippen molar-refractivity contribution in [3.05, 3.63) is 28.8 Å². The monoisotopic (exact) mass is 289 g/mol. The van der Waals surface area contributed by atoms with E-state index in [1.165, 1.54) is 12.8 Å². The van der Waals surface area contributed by atoms with Crippen molar-refractivity contribution in [2.75, 3.05) is 26.8 Å². The van der Waals surface area contributed by atoms with Crippen LogP contribution in [0.25, 0.3) is 0 Å². The maximum atomic E-state index is 12.8. The average molecular weight is 289 g/mol. The molecular formula is C17H23NO3. The standard InChI is InChI=1S/C17H23NO3/c1-11-8-15(20-3)12(2)7-14(11)17(19)16-9-18-6-4-5-13(18)10-21-16/h7-8,13,16H,4-6,9-10H2,1-3H3. The number of morpholine rings is 1. The van der Waals surface area contributed by atoms with Crippen molar-refractivity contribution in [2.45, 2.75) is 38.8 Å². The molecule has 0 spiro atoms. The molecule has 0 aromatic heterocycles. The zero-order valence-corrected chi connectivity index (χ0v) is 13.0. The van der Waals surface area contributed by atoms with Crippen LogP contribution in [0.2, 0.25) is 0 Å². The third-order valence-corrected chi connectivity index (χ3v) is 4.69. The third-order valence-electron chi connectivity index (χ3n) is 4.69. The minimum absolute atomic E-state index is 0.101. The summed E-state index contributed by atoms with van der Waals surface area (Å²) >= 11 is 0. The lowest BCUT2D eigenvalue weighted by atomic mass is 9.97. The van der Waals surface area contributed by atoms with Gasteiger partial charge in [-0.15, -0.1) is 0 Å². The molecule has 0 saturated carbocycles. The molecule has 0 amide bonds. The Hall–Kier alpha value is -1.39. The summed E-state index contributed by atoms with van der Waals surface area (Å²) in [7, 11) is 1.65. The number of benzene rings is 1. The van der Waals surface area contributed by atoms with Gasteiger partial charge in [0.25, 0.3) is 0 Å². The molecule has 4 heteroatoms. The topological polar surface area (TPSA) is 38.8 Å². The van der Waals surface area contributed by atoms with E-state index in [1.807, 2.05) is 26.0 Å². The van der Waals surface area contributed by atoms with E-state index in [-0.39, 0.29) is 11.9 Å². The maximum Gasteiger partial charge on any atom is 0.193 e. The number of rotatable bonds is 3. The van der Waals surface area contributed by atoms with E-state index in [0.717, 1.165) is 35.5 Å². The van der Waals surface area contributed by atoms with Crippen LogP contribution < -0.4 is 4.74 Å². The first-order chi connectivity index (χ1) is 10.1. The van der Waals surface area contributed by atoms with Gasteiger partial charge in [-0.2, -0.15) is 0 Å². The van der Waals surface area contributed by atoms with E-state index in [0.29, 0.717) is 12.6 Å². The summed E-state index contributed by atoms with van der Waals surface area (Å²) in [6.45, 7) is 6.43. The molecule has 2 heterocycles. The van der Waals surface area contributed by atoms with Gasteiger partial charge >= 0.3 is 0 Å². The second kappa shape index (κ2) is 5.78. The lowest BCUT2D eigenvalue weighted by Crippen LogP contribution is -2.49. The molecule has 4 nitrogen and oxygen atoms in total. The molecule has 2 fully saturated rings. The van der Waals surface area contributed by atoms with Gasteiger partial charge in [0, 0.05) is 18.2 Å². The van der Waals surface area contributed by atoms with E-state index >= 15 is 0 Å². The zero-order valence-electron chi connectivity index (χ0n) is 13.0. The third kappa shape index (κ3) is 2.70. The Kier molecular flexibility index (Phi) is 4.00. The number of carbonyl (C=O) groups excluding carboxylic acids is 1. The number of hydrogen-bond donors (Lipinski definition) is 0. The van der Waals surface area contributed by atoms with Crippen LogP contribution in [0, 0.1) is 13.8 Å². The second-order valence-electron chi connectivity index (χ2n) is 6.11. The minimum Gasteiger partial charge on any atom is -0.496 e. The molecule has 2 atom stereocenters. The van der Waals surface area contributed by atoms with Crippen LogP contribution in [0.15, 0.2) is 12.1 Å². The Morgan fingerprint density at radius 1 is 1.33 bits per heavy atom. The molecule has 21 heavy (non-hydrogen) atoms. The molecule has 114 valence electrons. The molecule has 0 bridgehead atoms. The van der Waals surface area contributed by atoms with E-state index in [1.54, 1.807) is 7.11 Å². The second-order valence-corrected chi connectivity index (χ2v) is 6.11. The van der Waals surface area contributed by atoms with Crippen molar-refractivity contribution in [1.82, 2.24) is 4.90 Å². The van der Waals surface area contributed by atoms with Crippen LogP contribution in [0.4, 0.5) is 0 Å². The van der Waals surface area contributed by atoms with Crippen LogP contribution >= 0.6 is 0 Å². The Morgan fingerprint density at radius 3 is 2.90 bits per heavy atom. The lowest BCUT2D eigenvalue weighted by Gasteiger charge is -2.34. The lowest BCUT2D eigenvalue weighted by molar-refractivity contribution is -0.0344. The van der Waals surface area contributed by atoms with Crippen LogP contribution in [-0.4, -0.2) is 49.6 Å². The molecular weight excluding hydrogens is 266 g/mol. The Labute approximate surface area is 126 Å². The molecule has 0 aliphatic carbocycles. The summed E-state index contributed by atoms with van der Waals surface area (Å²) in [6, 6.07) is 4.38. The first-order valence-corrected chi connectivity index (χ1v) is 7.65. The van der Waals surface area contributed by atoms with Crippen molar-refractivity contribution in [2.24, 2.45) is 0 Å². The van der Waals surface area contributed by atoms with Crippen molar-refractivity contribution in [3.8, 4) is 5.75 Å². The van der Waals surface area contributed by atoms with Gasteiger partial charge in [-0.3, -0.25) is 9.69 Å². The number of hydrogen-bond acceptors (Lipinski definition) is 4. The number of carbonyl (C=O) groups is 1. The number of nitrogens with zero attached hydrogens (tertiary/aromatic N) is 1. The van der Waals surface area contributed by atoms with Crippen LogP contribution in [-0.2, 0) is 4.74 Å². The highest BCUT2D eigenvalue weighted by atomic mass is 16.5. The summed E-state index contributed by atoms with van der Waals surface area (Å²) in [4.78, 5) is 15.2. The molecule has 0 radical (unpaired) electrons. The van der Waals surface area contributed by atoms with Crippen molar-refractivity contribution >= 4 is 5.78 Å². The fourth-order valence-electron chi connectivity index (χ4n) is 3.42. The molecule has 1 aromatic carbocycles. The number of aryl methyl sites for hydroxylation is 2. The molecule has 2 unspecified atom stereocenters. The number of ether oxygens (including phenoxy) is 2. The van der Waals surface area contributed by atoms with Gasteiger partial charge in [0.1, 0.15) is 11.9 Å². The maximum absolute atomic E-state index is 12.8. The quantitative estimate of drug-likeness (QED) is 0.801. The predicted molar refractivity (Wildman–Crippen MR) is 81.1 cm³/mol. The highest BCUT2D eigenvalue weighted by Gasteiger charge is 2.36. The van der Waals surface area contributed by atoms with Gasteiger partial charge in [-0.25, -0.2) is 0 Å². The predicted octanol–water partition coefficient (Wildman–Crippen LogP) is 2.36. The summed E-state index contributed by atoms with van der Waals surface area (Å²) in [5.74, 6) is 0.928. The van der Waals surface area contributed by atoms with Gasteiger partial charge in [0.2, 0.25) is 0 Å². The minimum atomic E-state index is -0.328. The van der Waals surface area contributed by atoms with Gasteiger partial charge in [0.05, 0.1) is 13.7 Å². The molecule has 1 aromatic rings. The molecule has 3 rings (SSSR count). The summed E-state index contributed by atoms with van der Waals surface area (Å²) < 4.78 is 11.1. The zero-order chi connectivity index (χ0) is 15.0. The number of Topliss-reactive ketones (excluding diaryl/α,β-unsaturated/α-hetero) is 1. The fraction of sp³-hybridized carbons (Fsp3) is 0.588. The van der Waals surface area contributed by atoms with E-state index in [4.69, 9.17) is 9.47 Å². The number of fused-ring (bicyclic) bond motifs is 1. The highest BCUT2D eigenvalue weighted by molar-refractivity contribution is 6.01. The van der Waals surface area contributed by atoms with Gasteiger partial charge in [-0.05, 0) is 56.5 Å². The summed E-state index contributed by atoms with van der Waals surface area (Å²) in [6.07, 6.45) is 2.09. The van der Waals surface area contributed by atoms with Crippen molar-refractivity contribution in [3.63, 3.8) is 0 Å². The fourth-order valence-corrected chi connectivity index (χ4v) is 3.42. The Morgan fingerprint density at radius 2 is 2.14 bits per heavy atom. The summed E-state index contributed by atoms with van der Waals surface area (Å²) in [5.41, 5.74) is 2.70.